The lowest BCUT2D eigenvalue weighted by Crippen LogP contribution is -2.37. The maximum absolute atomic E-state index is 13.3. The minimum Gasteiger partial charge on any atom is -0.332 e. The topological polar surface area (TPSA) is 20.3 Å². The predicted molar refractivity (Wildman–Crippen MR) is 98.2 cm³/mol. The summed E-state index contributed by atoms with van der Waals surface area (Å²) in [6.45, 7) is 0.566. The summed E-state index contributed by atoms with van der Waals surface area (Å²) in [6.07, 6.45) is 10.5. The Morgan fingerprint density at radius 1 is 1.17 bits per heavy atom. The molecule has 0 N–H and O–H groups in total. The van der Waals surface area contributed by atoms with Gasteiger partial charge in [-0.3, -0.25) is 4.79 Å². The van der Waals surface area contributed by atoms with Crippen LogP contribution in [0.2, 0.25) is 10.0 Å². The van der Waals surface area contributed by atoms with Crippen LogP contribution in [0.4, 0.5) is 0 Å². The van der Waals surface area contributed by atoms with Crippen molar-refractivity contribution in [3.05, 3.63) is 45.5 Å². The number of hydrogen-bond donors (Lipinski definition) is 0. The van der Waals surface area contributed by atoms with Crippen molar-refractivity contribution in [2.45, 2.75) is 57.5 Å². The van der Waals surface area contributed by atoms with E-state index in [-0.39, 0.29) is 5.91 Å². The van der Waals surface area contributed by atoms with E-state index in [1.54, 1.807) is 6.07 Å². The first-order valence-corrected chi connectivity index (χ1v) is 9.83. The summed E-state index contributed by atoms with van der Waals surface area (Å²) in [5, 5.41) is 1.14. The SMILES string of the molecule is O=C(C1=CCC2CCCC1C2)N(Cc1cccc(Cl)c1Cl)C1CC1. The fourth-order valence-electron chi connectivity index (χ4n) is 4.28. The molecule has 0 aliphatic heterocycles. The van der Waals surface area contributed by atoms with Gasteiger partial charge in [0.1, 0.15) is 0 Å². The lowest BCUT2D eigenvalue weighted by molar-refractivity contribution is -0.129. The molecule has 128 valence electrons. The Hall–Kier alpha value is -0.990. The van der Waals surface area contributed by atoms with Crippen molar-refractivity contribution in [2.24, 2.45) is 11.8 Å². The molecule has 2 bridgehead atoms. The predicted octanol–water partition coefficient (Wildman–Crippen LogP) is 5.62. The van der Waals surface area contributed by atoms with Crippen molar-refractivity contribution in [3.8, 4) is 0 Å². The van der Waals surface area contributed by atoms with Gasteiger partial charge in [-0.2, -0.15) is 0 Å². The molecule has 2 saturated carbocycles. The monoisotopic (exact) mass is 363 g/mol. The molecule has 2 unspecified atom stereocenters. The first kappa shape index (κ1) is 16.5. The molecule has 1 amide bonds. The van der Waals surface area contributed by atoms with Crippen LogP contribution in [0, 0.1) is 11.8 Å². The molecule has 1 aromatic rings. The Balaban J connectivity index is 1.57. The zero-order valence-corrected chi connectivity index (χ0v) is 15.3. The van der Waals surface area contributed by atoms with Gasteiger partial charge in [0, 0.05) is 18.2 Å². The first-order chi connectivity index (χ1) is 11.6. The van der Waals surface area contributed by atoms with Crippen molar-refractivity contribution in [1.29, 1.82) is 0 Å². The minimum absolute atomic E-state index is 0.235. The second kappa shape index (κ2) is 6.72. The first-order valence-electron chi connectivity index (χ1n) is 9.07. The molecule has 2 fully saturated rings. The van der Waals surface area contributed by atoms with Crippen LogP contribution in [-0.4, -0.2) is 16.8 Å². The average Bonchev–Trinajstić information content (AvgIpc) is 3.41. The molecule has 0 radical (unpaired) electrons. The largest absolute Gasteiger partial charge is 0.332 e. The van der Waals surface area contributed by atoms with Crippen LogP contribution in [0.25, 0.3) is 0 Å². The zero-order valence-electron chi connectivity index (χ0n) is 13.8. The Kier molecular flexibility index (Phi) is 4.62. The Morgan fingerprint density at radius 2 is 2.00 bits per heavy atom. The molecule has 4 heteroatoms. The number of allylic oxidation sites excluding steroid dienone is 1. The molecular formula is C20H23Cl2NO. The highest BCUT2D eigenvalue weighted by Gasteiger charge is 2.38. The Bertz CT molecular complexity index is 680. The van der Waals surface area contributed by atoms with Crippen LogP contribution in [0.3, 0.4) is 0 Å². The maximum Gasteiger partial charge on any atom is 0.250 e. The van der Waals surface area contributed by atoms with Gasteiger partial charge in [-0.1, -0.05) is 54.3 Å². The van der Waals surface area contributed by atoms with Crippen LogP contribution < -0.4 is 0 Å². The van der Waals surface area contributed by atoms with Crippen molar-refractivity contribution >= 4 is 29.1 Å². The van der Waals surface area contributed by atoms with Gasteiger partial charge in [0.05, 0.1) is 10.0 Å². The summed E-state index contributed by atoms with van der Waals surface area (Å²) >= 11 is 12.5. The summed E-state index contributed by atoms with van der Waals surface area (Å²) in [5.41, 5.74) is 2.01. The Labute approximate surface area is 153 Å². The molecule has 24 heavy (non-hydrogen) atoms. The highest BCUT2D eigenvalue weighted by molar-refractivity contribution is 6.42. The average molecular weight is 364 g/mol. The van der Waals surface area contributed by atoms with E-state index >= 15 is 0 Å². The lowest BCUT2D eigenvalue weighted by Gasteiger charge is -2.36. The third-order valence-electron chi connectivity index (χ3n) is 5.76. The highest BCUT2D eigenvalue weighted by Crippen LogP contribution is 2.42. The molecule has 3 aliphatic rings. The fraction of sp³-hybridized carbons (Fsp3) is 0.550. The van der Waals surface area contributed by atoms with Gasteiger partial charge in [0.15, 0.2) is 0 Å². The quantitative estimate of drug-likeness (QED) is 0.679. The molecule has 0 saturated heterocycles. The van der Waals surface area contributed by atoms with Crippen LogP contribution in [0.15, 0.2) is 29.8 Å². The van der Waals surface area contributed by atoms with E-state index in [0.717, 1.165) is 36.3 Å². The molecule has 1 aromatic carbocycles. The summed E-state index contributed by atoms with van der Waals surface area (Å²) in [6, 6.07) is 6.05. The van der Waals surface area contributed by atoms with E-state index < -0.39 is 0 Å². The van der Waals surface area contributed by atoms with E-state index in [9.17, 15) is 4.79 Å². The van der Waals surface area contributed by atoms with Gasteiger partial charge < -0.3 is 4.90 Å². The number of carbonyl (C=O) groups is 1. The van der Waals surface area contributed by atoms with E-state index in [2.05, 4.69) is 6.08 Å². The second-order valence-corrected chi connectivity index (χ2v) is 8.29. The number of halogens is 2. The summed E-state index contributed by atoms with van der Waals surface area (Å²) in [5.74, 6) is 1.51. The standard InChI is InChI=1S/C20H23Cl2NO/c21-18-6-2-5-15(19(18)22)12-23(16-8-9-16)20(24)17-10-7-13-3-1-4-14(17)11-13/h2,5-6,10,13-14,16H,1,3-4,7-9,11-12H2. The van der Waals surface area contributed by atoms with Crippen molar-refractivity contribution < 1.29 is 4.79 Å². The van der Waals surface area contributed by atoms with Gasteiger partial charge in [-0.25, -0.2) is 0 Å². The van der Waals surface area contributed by atoms with Crippen molar-refractivity contribution in [1.82, 2.24) is 4.90 Å². The number of nitrogens with zero attached hydrogens (tertiary/aromatic N) is 1. The summed E-state index contributed by atoms with van der Waals surface area (Å²) in [4.78, 5) is 15.3. The number of carbonyl (C=O) groups excluding carboxylic acids is 1. The van der Waals surface area contributed by atoms with E-state index in [0.29, 0.717) is 28.5 Å². The van der Waals surface area contributed by atoms with Crippen LogP contribution in [0.5, 0.6) is 0 Å². The third kappa shape index (κ3) is 3.23. The number of rotatable bonds is 4. The Morgan fingerprint density at radius 3 is 2.79 bits per heavy atom. The molecule has 0 spiro atoms. The van der Waals surface area contributed by atoms with Gasteiger partial charge in [0.25, 0.3) is 0 Å². The lowest BCUT2D eigenvalue weighted by atomic mass is 9.72. The second-order valence-electron chi connectivity index (χ2n) is 7.50. The van der Waals surface area contributed by atoms with E-state index in [4.69, 9.17) is 23.2 Å². The maximum atomic E-state index is 13.3. The van der Waals surface area contributed by atoms with Crippen LogP contribution in [-0.2, 0) is 11.3 Å². The molecule has 2 nitrogen and oxygen atoms in total. The molecule has 3 aliphatic carbocycles. The summed E-state index contributed by atoms with van der Waals surface area (Å²) in [7, 11) is 0. The van der Waals surface area contributed by atoms with Crippen LogP contribution >= 0.6 is 23.2 Å². The molecule has 0 aromatic heterocycles. The number of amides is 1. The van der Waals surface area contributed by atoms with Gasteiger partial charge >= 0.3 is 0 Å². The highest BCUT2D eigenvalue weighted by atomic mass is 35.5. The zero-order chi connectivity index (χ0) is 16.7. The van der Waals surface area contributed by atoms with Gasteiger partial charge in [-0.05, 0) is 55.6 Å². The van der Waals surface area contributed by atoms with E-state index in [1.807, 2.05) is 17.0 Å². The van der Waals surface area contributed by atoms with Crippen LogP contribution in [0.1, 0.15) is 50.5 Å². The molecule has 0 heterocycles. The molecule has 2 atom stereocenters. The van der Waals surface area contributed by atoms with Gasteiger partial charge in [0.2, 0.25) is 5.91 Å². The number of benzene rings is 1. The fourth-order valence-corrected chi connectivity index (χ4v) is 4.66. The van der Waals surface area contributed by atoms with Gasteiger partial charge in [-0.15, -0.1) is 0 Å². The summed E-state index contributed by atoms with van der Waals surface area (Å²) < 4.78 is 0. The minimum atomic E-state index is 0.235. The van der Waals surface area contributed by atoms with E-state index in [1.165, 1.54) is 25.7 Å². The molecule has 4 rings (SSSR count). The normalized spacial score (nSPS) is 26.0. The smallest absolute Gasteiger partial charge is 0.250 e. The number of hydrogen-bond acceptors (Lipinski definition) is 1. The van der Waals surface area contributed by atoms with Crippen molar-refractivity contribution in [3.63, 3.8) is 0 Å². The number of fused-ring (bicyclic) bond motifs is 2. The third-order valence-corrected chi connectivity index (χ3v) is 6.62. The van der Waals surface area contributed by atoms with Crippen molar-refractivity contribution in [2.75, 3.05) is 0 Å². The molecular weight excluding hydrogens is 341 g/mol.